The molecule has 10 heteroatoms. The Morgan fingerprint density at radius 1 is 1.12 bits per heavy atom. The lowest BCUT2D eigenvalue weighted by Crippen LogP contribution is -2.54. The molecule has 1 saturated heterocycles. The summed E-state index contributed by atoms with van der Waals surface area (Å²) in [6.07, 6.45) is -0.667. The SMILES string of the molecule is CCOC(=O)c1ccsc1NC(=O)CN1CCN(C(=O)[C@@H]2COc3ccccc3O2)CC1. The van der Waals surface area contributed by atoms with Crippen LogP contribution in [0.1, 0.15) is 17.3 Å². The smallest absolute Gasteiger partial charge is 0.341 e. The van der Waals surface area contributed by atoms with Gasteiger partial charge in [0.1, 0.15) is 11.6 Å². The van der Waals surface area contributed by atoms with Crippen LogP contribution in [0.3, 0.4) is 0 Å². The van der Waals surface area contributed by atoms with Gasteiger partial charge in [0.25, 0.3) is 5.91 Å². The minimum atomic E-state index is -0.667. The number of anilines is 1. The number of hydrogen-bond donors (Lipinski definition) is 1. The number of esters is 1. The van der Waals surface area contributed by atoms with Crippen molar-refractivity contribution in [1.29, 1.82) is 0 Å². The molecule has 170 valence electrons. The van der Waals surface area contributed by atoms with E-state index in [9.17, 15) is 14.4 Å². The molecule has 4 rings (SSSR count). The zero-order valence-electron chi connectivity index (χ0n) is 17.7. The third-order valence-corrected chi connectivity index (χ3v) is 6.08. The van der Waals surface area contributed by atoms with E-state index in [1.807, 2.05) is 23.1 Å². The summed E-state index contributed by atoms with van der Waals surface area (Å²) < 4.78 is 16.5. The second-order valence-electron chi connectivity index (χ2n) is 7.40. The van der Waals surface area contributed by atoms with Gasteiger partial charge in [0, 0.05) is 26.2 Å². The van der Waals surface area contributed by atoms with Crippen molar-refractivity contribution in [2.75, 3.05) is 51.3 Å². The van der Waals surface area contributed by atoms with Crippen LogP contribution in [0.5, 0.6) is 11.5 Å². The molecule has 2 amide bonds. The molecular weight excluding hydrogens is 434 g/mol. The van der Waals surface area contributed by atoms with E-state index in [0.717, 1.165) is 0 Å². The lowest BCUT2D eigenvalue weighted by Gasteiger charge is -2.36. The molecule has 1 aromatic carbocycles. The van der Waals surface area contributed by atoms with Crippen LogP contribution in [0.4, 0.5) is 5.00 Å². The van der Waals surface area contributed by atoms with Crippen LogP contribution in [0, 0.1) is 0 Å². The quantitative estimate of drug-likeness (QED) is 0.659. The first-order valence-electron chi connectivity index (χ1n) is 10.5. The summed E-state index contributed by atoms with van der Waals surface area (Å²) in [5, 5.41) is 5.01. The van der Waals surface area contributed by atoms with Crippen LogP contribution in [-0.2, 0) is 14.3 Å². The van der Waals surface area contributed by atoms with Gasteiger partial charge < -0.3 is 24.4 Å². The number of amides is 2. The molecule has 32 heavy (non-hydrogen) atoms. The van der Waals surface area contributed by atoms with Crippen molar-refractivity contribution in [1.82, 2.24) is 9.80 Å². The van der Waals surface area contributed by atoms with Crippen LogP contribution in [0.15, 0.2) is 35.7 Å². The Balaban J connectivity index is 1.25. The van der Waals surface area contributed by atoms with Crippen LogP contribution >= 0.6 is 11.3 Å². The molecule has 2 aliphatic rings. The fourth-order valence-electron chi connectivity index (χ4n) is 3.62. The lowest BCUT2D eigenvalue weighted by atomic mass is 10.2. The van der Waals surface area contributed by atoms with Gasteiger partial charge in [-0.2, -0.15) is 0 Å². The van der Waals surface area contributed by atoms with Crippen molar-refractivity contribution in [3.8, 4) is 11.5 Å². The Morgan fingerprint density at radius 2 is 1.88 bits per heavy atom. The number of thiophene rings is 1. The van der Waals surface area contributed by atoms with E-state index in [0.29, 0.717) is 48.2 Å². The second kappa shape index (κ2) is 10.0. The highest BCUT2D eigenvalue weighted by molar-refractivity contribution is 7.14. The average Bonchev–Trinajstić information content (AvgIpc) is 3.27. The number of benzene rings is 1. The molecule has 0 radical (unpaired) electrons. The Morgan fingerprint density at radius 3 is 2.62 bits per heavy atom. The van der Waals surface area contributed by atoms with Crippen LogP contribution in [-0.4, -0.2) is 79.6 Å². The van der Waals surface area contributed by atoms with Gasteiger partial charge in [-0.1, -0.05) is 12.1 Å². The standard InChI is InChI=1S/C22H25N3O6S/c1-2-29-22(28)15-7-12-32-20(15)23-19(26)13-24-8-10-25(11-9-24)21(27)18-14-30-16-5-3-4-6-17(16)31-18/h3-7,12,18H,2,8-11,13-14H2,1H3,(H,23,26)/t18-/m0/s1. The number of fused-ring (bicyclic) bond motifs is 1. The van der Waals surface area contributed by atoms with Crippen molar-refractivity contribution in [3.63, 3.8) is 0 Å². The number of rotatable bonds is 6. The third-order valence-electron chi connectivity index (χ3n) is 5.25. The number of carbonyl (C=O) groups excluding carboxylic acids is 3. The fourth-order valence-corrected chi connectivity index (χ4v) is 4.41. The summed E-state index contributed by atoms with van der Waals surface area (Å²) in [6.45, 7) is 4.51. The maximum Gasteiger partial charge on any atom is 0.341 e. The Kier molecular flexibility index (Phi) is 6.91. The van der Waals surface area contributed by atoms with Crippen molar-refractivity contribution in [3.05, 3.63) is 41.3 Å². The van der Waals surface area contributed by atoms with E-state index in [4.69, 9.17) is 14.2 Å². The molecule has 9 nitrogen and oxygen atoms in total. The highest BCUT2D eigenvalue weighted by Gasteiger charge is 2.33. The van der Waals surface area contributed by atoms with Gasteiger partial charge in [-0.05, 0) is 30.5 Å². The summed E-state index contributed by atoms with van der Waals surface area (Å²) in [4.78, 5) is 41.0. The number of carbonyl (C=O) groups is 3. The minimum absolute atomic E-state index is 0.110. The van der Waals surface area contributed by atoms with Crippen molar-refractivity contribution < 1.29 is 28.6 Å². The van der Waals surface area contributed by atoms with Gasteiger partial charge in [0.15, 0.2) is 11.5 Å². The van der Waals surface area contributed by atoms with Crippen molar-refractivity contribution >= 4 is 34.1 Å². The first kappa shape index (κ1) is 22.1. The normalized spacial score (nSPS) is 18.2. The van der Waals surface area contributed by atoms with Gasteiger partial charge in [-0.3, -0.25) is 14.5 Å². The van der Waals surface area contributed by atoms with Gasteiger partial charge >= 0.3 is 5.97 Å². The summed E-state index contributed by atoms with van der Waals surface area (Å²) in [6, 6.07) is 8.93. The molecule has 0 spiro atoms. The highest BCUT2D eigenvalue weighted by atomic mass is 32.1. The van der Waals surface area contributed by atoms with Crippen LogP contribution in [0.2, 0.25) is 0 Å². The van der Waals surface area contributed by atoms with Gasteiger partial charge in [0.05, 0.1) is 18.7 Å². The zero-order valence-corrected chi connectivity index (χ0v) is 18.6. The van der Waals surface area contributed by atoms with E-state index in [2.05, 4.69) is 5.32 Å². The molecule has 1 aromatic heterocycles. The predicted molar refractivity (Wildman–Crippen MR) is 118 cm³/mol. The maximum atomic E-state index is 12.8. The maximum absolute atomic E-state index is 12.8. The largest absolute Gasteiger partial charge is 0.485 e. The average molecular weight is 460 g/mol. The van der Waals surface area contributed by atoms with Gasteiger partial charge in [0.2, 0.25) is 12.0 Å². The second-order valence-corrected chi connectivity index (χ2v) is 8.31. The molecule has 2 aromatic rings. The molecule has 0 saturated carbocycles. The van der Waals surface area contributed by atoms with Gasteiger partial charge in [-0.15, -0.1) is 11.3 Å². The first-order chi connectivity index (χ1) is 15.5. The molecule has 1 N–H and O–H groups in total. The number of para-hydroxylation sites is 2. The number of nitrogens with zero attached hydrogens (tertiary/aromatic N) is 2. The molecule has 1 fully saturated rings. The van der Waals surface area contributed by atoms with E-state index < -0.39 is 12.1 Å². The molecule has 0 aliphatic carbocycles. The number of hydrogen-bond acceptors (Lipinski definition) is 8. The molecular formula is C22H25N3O6S. The Hall–Kier alpha value is -3.11. The third kappa shape index (κ3) is 5.03. The summed E-state index contributed by atoms with van der Waals surface area (Å²) in [5.74, 6) is 0.444. The number of ether oxygens (including phenoxy) is 3. The van der Waals surface area contributed by atoms with Crippen LogP contribution < -0.4 is 14.8 Å². The summed E-state index contributed by atoms with van der Waals surface area (Å²) >= 11 is 1.28. The predicted octanol–water partition coefficient (Wildman–Crippen LogP) is 1.85. The van der Waals surface area contributed by atoms with E-state index in [1.54, 1.807) is 29.3 Å². The Labute approximate surface area is 189 Å². The lowest BCUT2D eigenvalue weighted by molar-refractivity contribution is -0.143. The first-order valence-corrected chi connectivity index (χ1v) is 11.4. The minimum Gasteiger partial charge on any atom is -0.485 e. The topological polar surface area (TPSA) is 97.4 Å². The molecule has 0 unspecified atom stereocenters. The fraction of sp³-hybridized carbons (Fsp3) is 0.409. The van der Waals surface area contributed by atoms with Crippen LogP contribution in [0.25, 0.3) is 0 Å². The zero-order chi connectivity index (χ0) is 22.5. The van der Waals surface area contributed by atoms with Gasteiger partial charge in [-0.25, -0.2) is 4.79 Å². The van der Waals surface area contributed by atoms with E-state index in [1.165, 1.54) is 11.3 Å². The van der Waals surface area contributed by atoms with E-state index >= 15 is 0 Å². The molecule has 0 bridgehead atoms. The molecule has 2 aliphatic heterocycles. The number of nitrogens with one attached hydrogen (secondary N) is 1. The molecule has 3 heterocycles. The molecule has 1 atom stereocenters. The number of piperazine rings is 1. The Bertz CT molecular complexity index is 986. The van der Waals surface area contributed by atoms with Crippen molar-refractivity contribution in [2.24, 2.45) is 0 Å². The van der Waals surface area contributed by atoms with Crippen molar-refractivity contribution in [2.45, 2.75) is 13.0 Å². The highest BCUT2D eigenvalue weighted by Crippen LogP contribution is 2.31. The summed E-state index contributed by atoms with van der Waals surface area (Å²) in [5.41, 5.74) is 0.358. The van der Waals surface area contributed by atoms with E-state index in [-0.39, 0.29) is 31.6 Å². The monoisotopic (exact) mass is 459 g/mol. The summed E-state index contributed by atoms with van der Waals surface area (Å²) in [7, 11) is 0.